The molecule has 1 atom stereocenters. The van der Waals surface area contributed by atoms with Crippen LogP contribution in [0.5, 0.6) is 0 Å². The van der Waals surface area contributed by atoms with Crippen LogP contribution in [0.25, 0.3) is 0 Å². The van der Waals surface area contributed by atoms with Crippen molar-refractivity contribution < 1.29 is 4.79 Å². The second-order valence-electron chi connectivity index (χ2n) is 4.87. The van der Waals surface area contributed by atoms with Gasteiger partial charge < -0.3 is 15.6 Å². The van der Waals surface area contributed by atoms with Crippen molar-refractivity contribution in [3.05, 3.63) is 59.0 Å². The van der Waals surface area contributed by atoms with Crippen LogP contribution in [0.4, 0.5) is 11.4 Å². The predicted molar refractivity (Wildman–Crippen MR) is 84.1 cm³/mol. The summed E-state index contributed by atoms with van der Waals surface area (Å²) in [4.78, 5) is 24.4. The van der Waals surface area contributed by atoms with Crippen LogP contribution in [0, 0.1) is 0 Å². The summed E-state index contributed by atoms with van der Waals surface area (Å²) >= 11 is 0. The molecule has 0 aliphatic rings. The van der Waals surface area contributed by atoms with Gasteiger partial charge in [-0.25, -0.2) is 0 Å². The summed E-state index contributed by atoms with van der Waals surface area (Å²) in [5.74, 6) is -0.212. The van der Waals surface area contributed by atoms with E-state index < -0.39 is 6.04 Å². The van der Waals surface area contributed by atoms with Crippen molar-refractivity contribution in [2.24, 2.45) is 0 Å². The number of nitrogens with two attached hydrogens (primary N) is 1. The van der Waals surface area contributed by atoms with Gasteiger partial charge >= 0.3 is 0 Å². The molecule has 21 heavy (non-hydrogen) atoms. The van der Waals surface area contributed by atoms with Crippen molar-refractivity contribution in [1.29, 1.82) is 0 Å². The maximum atomic E-state index is 12.5. The third-order valence-corrected chi connectivity index (χ3v) is 3.21. The van der Waals surface area contributed by atoms with Crippen molar-refractivity contribution in [2.75, 3.05) is 11.1 Å². The molecule has 0 saturated heterocycles. The Bertz CT molecular complexity index is 679. The van der Waals surface area contributed by atoms with Gasteiger partial charge in [0.2, 0.25) is 5.91 Å². The Balaban J connectivity index is 2.24. The number of nitrogens with one attached hydrogen (secondary N) is 1. The van der Waals surface area contributed by atoms with Gasteiger partial charge in [-0.2, -0.15) is 0 Å². The lowest BCUT2D eigenvalue weighted by molar-refractivity contribution is -0.119. The highest BCUT2D eigenvalue weighted by Crippen LogP contribution is 2.17. The Morgan fingerprint density at radius 1 is 1.29 bits per heavy atom. The van der Waals surface area contributed by atoms with Crippen LogP contribution in [-0.4, -0.2) is 10.5 Å². The first-order valence-electron chi connectivity index (χ1n) is 6.95. The van der Waals surface area contributed by atoms with Gasteiger partial charge in [0.1, 0.15) is 6.04 Å². The minimum Gasteiger partial charge on any atom is -0.399 e. The van der Waals surface area contributed by atoms with Crippen LogP contribution in [-0.2, 0) is 4.79 Å². The molecule has 5 nitrogen and oxygen atoms in total. The van der Waals surface area contributed by atoms with Gasteiger partial charge in [-0.3, -0.25) is 9.59 Å². The lowest BCUT2D eigenvalue weighted by Crippen LogP contribution is -2.32. The van der Waals surface area contributed by atoms with Gasteiger partial charge in [0.05, 0.1) is 0 Å². The SMILES string of the molecule is CCCC(C(=O)Nc1cccc(N)c1)n1ccccc1=O. The van der Waals surface area contributed by atoms with Gasteiger partial charge in [0.25, 0.3) is 5.56 Å². The summed E-state index contributed by atoms with van der Waals surface area (Å²) in [5.41, 5.74) is 6.73. The quantitative estimate of drug-likeness (QED) is 0.828. The monoisotopic (exact) mass is 285 g/mol. The van der Waals surface area contributed by atoms with Crippen LogP contribution in [0.15, 0.2) is 53.5 Å². The van der Waals surface area contributed by atoms with Crippen LogP contribution in [0.1, 0.15) is 25.8 Å². The lowest BCUT2D eigenvalue weighted by atomic mass is 10.1. The number of anilines is 2. The molecule has 0 fully saturated rings. The van der Waals surface area contributed by atoms with E-state index in [-0.39, 0.29) is 11.5 Å². The molecule has 0 saturated carbocycles. The zero-order chi connectivity index (χ0) is 15.2. The third-order valence-electron chi connectivity index (χ3n) is 3.21. The van der Waals surface area contributed by atoms with Gasteiger partial charge in [0.15, 0.2) is 0 Å². The maximum absolute atomic E-state index is 12.5. The Hall–Kier alpha value is -2.56. The van der Waals surface area contributed by atoms with E-state index >= 15 is 0 Å². The van der Waals surface area contributed by atoms with Crippen LogP contribution < -0.4 is 16.6 Å². The summed E-state index contributed by atoms with van der Waals surface area (Å²) in [7, 11) is 0. The average Bonchev–Trinajstić information content (AvgIpc) is 2.45. The fourth-order valence-corrected chi connectivity index (χ4v) is 2.21. The first kappa shape index (κ1) is 14.8. The van der Waals surface area contributed by atoms with Crippen molar-refractivity contribution in [3.8, 4) is 0 Å². The number of nitrogens with zero attached hydrogens (tertiary/aromatic N) is 1. The van der Waals surface area contributed by atoms with Gasteiger partial charge in [-0.1, -0.05) is 25.5 Å². The fraction of sp³-hybridized carbons (Fsp3) is 0.250. The number of aromatic nitrogens is 1. The second-order valence-corrected chi connectivity index (χ2v) is 4.87. The highest BCUT2D eigenvalue weighted by Gasteiger charge is 2.20. The molecule has 1 amide bonds. The Kier molecular flexibility index (Phi) is 4.77. The van der Waals surface area contributed by atoms with Crippen LogP contribution in [0.2, 0.25) is 0 Å². The molecule has 1 unspecified atom stereocenters. The van der Waals surface area contributed by atoms with Crippen molar-refractivity contribution >= 4 is 17.3 Å². The molecule has 1 aromatic carbocycles. The molecule has 110 valence electrons. The molecule has 0 spiro atoms. The Morgan fingerprint density at radius 2 is 2.10 bits per heavy atom. The third kappa shape index (κ3) is 3.72. The number of carbonyl (C=O) groups excluding carboxylic acids is 1. The van der Waals surface area contributed by atoms with E-state index in [0.29, 0.717) is 17.8 Å². The molecular formula is C16H19N3O2. The highest BCUT2D eigenvalue weighted by atomic mass is 16.2. The average molecular weight is 285 g/mol. The minimum atomic E-state index is -0.523. The van der Waals surface area contributed by atoms with E-state index in [4.69, 9.17) is 5.73 Å². The predicted octanol–water partition coefficient (Wildman–Crippen LogP) is 2.41. The minimum absolute atomic E-state index is 0.182. The molecule has 5 heteroatoms. The first-order valence-corrected chi connectivity index (χ1v) is 6.95. The van der Waals surface area contributed by atoms with Crippen molar-refractivity contribution in [3.63, 3.8) is 0 Å². The zero-order valence-corrected chi connectivity index (χ0v) is 12.0. The molecule has 3 N–H and O–H groups in total. The van der Waals surface area contributed by atoms with E-state index in [0.717, 1.165) is 6.42 Å². The summed E-state index contributed by atoms with van der Waals surface area (Å²) in [6, 6.07) is 11.3. The highest BCUT2D eigenvalue weighted by molar-refractivity contribution is 5.94. The van der Waals surface area contributed by atoms with E-state index in [1.807, 2.05) is 6.92 Å². The molecule has 1 aromatic heterocycles. The van der Waals surface area contributed by atoms with Gasteiger partial charge in [0, 0.05) is 23.6 Å². The number of rotatable bonds is 5. The second kappa shape index (κ2) is 6.74. The molecule has 0 radical (unpaired) electrons. The molecule has 0 aliphatic heterocycles. The summed E-state index contributed by atoms with van der Waals surface area (Å²) in [6.07, 6.45) is 3.04. The number of hydrogen-bond donors (Lipinski definition) is 2. The number of carbonyl (C=O) groups is 1. The molecule has 1 heterocycles. The number of benzene rings is 1. The summed E-state index contributed by atoms with van der Waals surface area (Å²) in [6.45, 7) is 1.98. The number of amides is 1. The van der Waals surface area contributed by atoms with E-state index in [1.165, 1.54) is 10.6 Å². The summed E-state index contributed by atoms with van der Waals surface area (Å²) in [5, 5.41) is 2.81. The first-order chi connectivity index (χ1) is 10.1. The van der Waals surface area contributed by atoms with Crippen molar-refractivity contribution in [1.82, 2.24) is 4.57 Å². The number of nitrogen functional groups attached to an aromatic ring is 1. The molecule has 2 rings (SSSR count). The lowest BCUT2D eigenvalue weighted by Gasteiger charge is -2.18. The van der Waals surface area contributed by atoms with Crippen LogP contribution >= 0.6 is 0 Å². The molecular weight excluding hydrogens is 266 g/mol. The standard InChI is InChI=1S/C16H19N3O2/c1-2-6-14(19-10-4-3-9-15(19)20)16(21)18-13-8-5-7-12(17)11-13/h3-5,7-11,14H,2,6,17H2,1H3,(H,18,21). The maximum Gasteiger partial charge on any atom is 0.251 e. The van der Waals surface area contributed by atoms with E-state index in [9.17, 15) is 9.59 Å². The largest absolute Gasteiger partial charge is 0.399 e. The Morgan fingerprint density at radius 3 is 2.76 bits per heavy atom. The Labute approximate surface area is 123 Å². The van der Waals surface area contributed by atoms with Crippen molar-refractivity contribution in [2.45, 2.75) is 25.8 Å². The molecule has 0 aliphatic carbocycles. The van der Waals surface area contributed by atoms with E-state index in [2.05, 4.69) is 5.32 Å². The van der Waals surface area contributed by atoms with Gasteiger partial charge in [-0.15, -0.1) is 0 Å². The molecule has 2 aromatic rings. The number of pyridine rings is 1. The van der Waals surface area contributed by atoms with Gasteiger partial charge in [-0.05, 0) is 30.7 Å². The van der Waals surface area contributed by atoms with Crippen LogP contribution in [0.3, 0.4) is 0 Å². The smallest absolute Gasteiger partial charge is 0.251 e. The summed E-state index contributed by atoms with van der Waals surface area (Å²) < 4.78 is 1.46. The zero-order valence-electron chi connectivity index (χ0n) is 12.0. The number of hydrogen-bond acceptors (Lipinski definition) is 3. The van der Waals surface area contributed by atoms with E-state index in [1.54, 1.807) is 42.6 Å². The topological polar surface area (TPSA) is 77.1 Å². The molecule has 0 bridgehead atoms. The fourth-order valence-electron chi connectivity index (χ4n) is 2.21. The normalized spacial score (nSPS) is 11.9.